The molecule has 3 aliphatic rings. The maximum absolute atomic E-state index is 12.5. The molecule has 176 valence electrons. The minimum Gasteiger partial charge on any atom is -0.481 e. The van der Waals surface area contributed by atoms with Crippen molar-refractivity contribution in [2.45, 2.75) is 43.7 Å². The fraction of sp³-hybridized carbons (Fsp3) is 0.370. The molecule has 2 atom stereocenters. The fourth-order valence-electron chi connectivity index (χ4n) is 5.25. The highest BCUT2D eigenvalue weighted by atomic mass is 16.5. The lowest BCUT2D eigenvalue weighted by atomic mass is 9.79. The van der Waals surface area contributed by atoms with Crippen molar-refractivity contribution in [2.75, 3.05) is 6.61 Å². The number of carboxylic acid groups (broad SMARTS) is 1. The van der Waals surface area contributed by atoms with Gasteiger partial charge in [0.25, 0.3) is 0 Å². The van der Waals surface area contributed by atoms with Crippen LogP contribution in [-0.2, 0) is 14.3 Å². The summed E-state index contributed by atoms with van der Waals surface area (Å²) in [6, 6.07) is 16.0. The first-order chi connectivity index (χ1) is 16.5. The highest BCUT2D eigenvalue weighted by Gasteiger charge is 2.37. The second-order valence-corrected chi connectivity index (χ2v) is 9.38. The molecule has 0 heterocycles. The molecule has 1 saturated carbocycles. The summed E-state index contributed by atoms with van der Waals surface area (Å²) in [6.45, 7) is 0.259. The third-order valence-electron chi connectivity index (χ3n) is 7.18. The van der Waals surface area contributed by atoms with Crippen LogP contribution < -0.4 is 10.6 Å². The van der Waals surface area contributed by atoms with Crippen molar-refractivity contribution in [3.05, 3.63) is 71.8 Å². The maximum Gasteiger partial charge on any atom is 0.407 e. The number of hydrogen-bond donors (Lipinski definition) is 3. The normalized spacial score (nSPS) is 24.9. The minimum atomic E-state index is -0.834. The number of nitrogens with one attached hydrogen (secondary N) is 2. The highest BCUT2D eigenvalue weighted by Crippen LogP contribution is 2.44. The van der Waals surface area contributed by atoms with Crippen LogP contribution in [-0.4, -0.2) is 41.8 Å². The molecule has 2 aromatic carbocycles. The lowest BCUT2D eigenvalue weighted by molar-refractivity contribution is -0.142. The Morgan fingerprint density at radius 1 is 0.882 bits per heavy atom. The largest absolute Gasteiger partial charge is 0.481 e. The molecule has 3 N–H and O–H groups in total. The second-order valence-electron chi connectivity index (χ2n) is 9.38. The van der Waals surface area contributed by atoms with Crippen LogP contribution in [0.4, 0.5) is 4.79 Å². The van der Waals surface area contributed by atoms with E-state index in [-0.39, 0.29) is 36.4 Å². The Hall–Kier alpha value is -3.61. The Labute approximate surface area is 198 Å². The molecule has 3 aliphatic carbocycles. The number of alkyl carbamates (subject to hydrolysis) is 1. The molecule has 7 nitrogen and oxygen atoms in total. The molecule has 34 heavy (non-hydrogen) atoms. The summed E-state index contributed by atoms with van der Waals surface area (Å²) in [5.41, 5.74) is 4.70. The molecular formula is C27H28N2O5. The standard InChI is InChI=1S/C27H28N2O5/c30-25(28-18-7-5-6-16(12-18)26(31)32)17-13-19(14-17)29-27(33)34-15-24-22-10-3-1-8-20(22)21-9-2-4-11-23(21)24/h1-5,7-11,16-19,24H,6,12-15H2,(H,28,30)(H,29,33)(H,31,32). The van der Waals surface area contributed by atoms with E-state index in [0.29, 0.717) is 25.7 Å². The molecule has 0 aliphatic heterocycles. The summed E-state index contributed by atoms with van der Waals surface area (Å²) in [6.07, 6.45) is 5.22. The maximum atomic E-state index is 12.5. The van der Waals surface area contributed by atoms with E-state index in [4.69, 9.17) is 4.74 Å². The van der Waals surface area contributed by atoms with Crippen LogP contribution in [0.15, 0.2) is 60.7 Å². The molecular weight excluding hydrogens is 432 g/mol. The third kappa shape index (κ3) is 4.42. The minimum absolute atomic E-state index is 0.0104. The van der Waals surface area contributed by atoms with Crippen molar-refractivity contribution in [1.82, 2.24) is 10.6 Å². The number of fused-ring (bicyclic) bond motifs is 3. The summed E-state index contributed by atoms with van der Waals surface area (Å²) < 4.78 is 5.58. The zero-order valence-corrected chi connectivity index (χ0v) is 18.8. The molecule has 2 aromatic rings. The van der Waals surface area contributed by atoms with Crippen LogP contribution in [0, 0.1) is 11.8 Å². The smallest absolute Gasteiger partial charge is 0.407 e. The number of benzene rings is 2. The van der Waals surface area contributed by atoms with E-state index in [1.54, 1.807) is 0 Å². The number of allylic oxidation sites excluding steroid dienone is 1. The van der Waals surface area contributed by atoms with Gasteiger partial charge in [0.2, 0.25) is 5.91 Å². The Bertz CT molecular complexity index is 1090. The van der Waals surface area contributed by atoms with Crippen molar-refractivity contribution >= 4 is 18.0 Å². The van der Waals surface area contributed by atoms with Crippen LogP contribution in [0.25, 0.3) is 11.1 Å². The molecule has 0 aromatic heterocycles. The molecule has 2 unspecified atom stereocenters. The van der Waals surface area contributed by atoms with E-state index in [2.05, 4.69) is 34.9 Å². The Morgan fingerprint density at radius 2 is 1.53 bits per heavy atom. The van der Waals surface area contributed by atoms with Crippen molar-refractivity contribution in [1.29, 1.82) is 0 Å². The van der Waals surface area contributed by atoms with E-state index in [1.165, 1.54) is 22.3 Å². The number of ether oxygens (including phenoxy) is 1. The van der Waals surface area contributed by atoms with E-state index < -0.39 is 18.0 Å². The lowest BCUT2D eigenvalue weighted by Crippen LogP contribution is -2.51. The van der Waals surface area contributed by atoms with Gasteiger partial charge in [-0.15, -0.1) is 0 Å². The van der Waals surface area contributed by atoms with Crippen LogP contribution in [0.2, 0.25) is 0 Å². The number of carbonyl (C=O) groups is 3. The van der Waals surface area contributed by atoms with E-state index >= 15 is 0 Å². The van der Waals surface area contributed by atoms with Gasteiger partial charge in [-0.1, -0.05) is 60.7 Å². The second kappa shape index (κ2) is 9.33. The van der Waals surface area contributed by atoms with Crippen LogP contribution in [0.5, 0.6) is 0 Å². The third-order valence-corrected chi connectivity index (χ3v) is 7.18. The zero-order valence-electron chi connectivity index (χ0n) is 18.8. The summed E-state index contributed by atoms with van der Waals surface area (Å²) in [4.78, 5) is 36.1. The monoisotopic (exact) mass is 460 g/mol. The summed E-state index contributed by atoms with van der Waals surface area (Å²) in [5.74, 6) is -1.56. The van der Waals surface area contributed by atoms with Crippen molar-refractivity contribution in [3.63, 3.8) is 0 Å². The molecule has 2 amide bonds. The SMILES string of the molecule is O=C(NC1CC(C(=O)NC2C=CCC(C(=O)O)C2)C1)OCC1c2ccccc2-c2ccccc21. The van der Waals surface area contributed by atoms with E-state index in [9.17, 15) is 19.5 Å². The van der Waals surface area contributed by atoms with Crippen molar-refractivity contribution in [2.24, 2.45) is 11.8 Å². The zero-order chi connectivity index (χ0) is 23.7. The predicted octanol–water partition coefficient (Wildman–Crippen LogP) is 3.84. The first-order valence-electron chi connectivity index (χ1n) is 11.8. The van der Waals surface area contributed by atoms with Gasteiger partial charge in [-0.3, -0.25) is 9.59 Å². The predicted molar refractivity (Wildman–Crippen MR) is 126 cm³/mol. The Balaban J connectivity index is 1.08. The number of amides is 2. The average molecular weight is 461 g/mol. The molecule has 0 saturated heterocycles. The number of hydrogen-bond acceptors (Lipinski definition) is 4. The number of rotatable bonds is 6. The average Bonchev–Trinajstić information content (AvgIpc) is 3.13. The van der Waals surface area contributed by atoms with Crippen LogP contribution in [0.1, 0.15) is 42.7 Å². The van der Waals surface area contributed by atoms with Gasteiger partial charge in [0.05, 0.1) is 5.92 Å². The molecule has 0 spiro atoms. The van der Waals surface area contributed by atoms with Crippen LogP contribution in [0.3, 0.4) is 0 Å². The first kappa shape index (κ1) is 22.2. The van der Waals surface area contributed by atoms with Gasteiger partial charge in [0.1, 0.15) is 6.61 Å². The van der Waals surface area contributed by atoms with Gasteiger partial charge in [-0.25, -0.2) is 4.79 Å². The first-order valence-corrected chi connectivity index (χ1v) is 11.8. The summed E-state index contributed by atoms with van der Waals surface area (Å²) >= 11 is 0. The fourth-order valence-corrected chi connectivity index (χ4v) is 5.25. The van der Waals surface area contributed by atoms with E-state index in [1.807, 2.05) is 36.4 Å². The van der Waals surface area contributed by atoms with Crippen molar-refractivity contribution < 1.29 is 24.2 Å². The highest BCUT2D eigenvalue weighted by molar-refractivity contribution is 5.81. The number of carboxylic acids is 1. The molecule has 0 radical (unpaired) electrons. The van der Waals surface area contributed by atoms with Gasteiger partial charge in [-0.2, -0.15) is 0 Å². The topological polar surface area (TPSA) is 105 Å². The van der Waals surface area contributed by atoms with Gasteiger partial charge in [0, 0.05) is 23.9 Å². The van der Waals surface area contributed by atoms with Gasteiger partial charge >= 0.3 is 12.1 Å². The van der Waals surface area contributed by atoms with Gasteiger partial charge in [0.15, 0.2) is 0 Å². The molecule has 0 bridgehead atoms. The summed E-state index contributed by atoms with van der Waals surface area (Å²) in [7, 11) is 0. The molecule has 1 fully saturated rings. The molecule has 5 rings (SSSR count). The van der Waals surface area contributed by atoms with Crippen molar-refractivity contribution in [3.8, 4) is 11.1 Å². The quantitative estimate of drug-likeness (QED) is 0.568. The number of carbonyl (C=O) groups excluding carboxylic acids is 2. The Kier molecular flexibility index (Phi) is 6.09. The lowest BCUT2D eigenvalue weighted by Gasteiger charge is -2.35. The van der Waals surface area contributed by atoms with Gasteiger partial charge < -0.3 is 20.5 Å². The molecule has 7 heteroatoms. The Morgan fingerprint density at radius 3 is 2.18 bits per heavy atom. The van der Waals surface area contributed by atoms with E-state index in [0.717, 1.165) is 0 Å². The number of aliphatic carboxylic acids is 1. The summed E-state index contributed by atoms with van der Waals surface area (Å²) in [5, 5.41) is 15.0. The van der Waals surface area contributed by atoms with Gasteiger partial charge in [-0.05, 0) is 47.9 Å². The van der Waals surface area contributed by atoms with Crippen LogP contribution >= 0.6 is 0 Å².